The van der Waals surface area contributed by atoms with Crippen LogP contribution in [0.4, 0.5) is 0 Å². The molecule has 156 valence electrons. The van der Waals surface area contributed by atoms with Gasteiger partial charge in [-0.1, -0.05) is 19.3 Å². The van der Waals surface area contributed by atoms with Crippen molar-refractivity contribution in [2.24, 2.45) is 0 Å². The molecule has 1 unspecified atom stereocenters. The zero-order chi connectivity index (χ0) is 19.3. The lowest BCUT2D eigenvalue weighted by Crippen LogP contribution is -2.60. The number of nitrogens with one attached hydrogen (secondary N) is 1. The molecule has 1 amide bonds. The molecular formula is C21H34N4O3. The quantitative estimate of drug-likeness (QED) is 0.731. The molecule has 4 rings (SSSR count). The zero-order valence-corrected chi connectivity index (χ0v) is 17.1. The van der Waals surface area contributed by atoms with Crippen LogP contribution in [0.25, 0.3) is 0 Å². The number of methoxy groups -OCH3 is 1. The molecule has 1 N–H and O–H groups in total. The van der Waals surface area contributed by atoms with E-state index >= 15 is 0 Å². The first-order valence-electron chi connectivity index (χ1n) is 11.0. The smallest absolute Gasteiger partial charge is 0.237 e. The van der Waals surface area contributed by atoms with Crippen molar-refractivity contribution in [3.63, 3.8) is 0 Å². The number of hydrogen-bond donors (Lipinski definition) is 1. The minimum Gasteiger partial charge on any atom is -0.383 e. The highest BCUT2D eigenvalue weighted by Gasteiger charge is 2.38. The minimum absolute atomic E-state index is 0.0830. The third-order valence-corrected chi connectivity index (χ3v) is 6.55. The summed E-state index contributed by atoms with van der Waals surface area (Å²) in [5.41, 5.74) is 3.54. The molecule has 3 heterocycles. The number of nitrogens with zero attached hydrogens (tertiary/aromatic N) is 3. The number of aromatic nitrogens is 2. The number of carbonyl (C=O) groups is 1. The van der Waals surface area contributed by atoms with Crippen molar-refractivity contribution in [1.82, 2.24) is 20.0 Å². The van der Waals surface area contributed by atoms with E-state index in [2.05, 4.69) is 14.9 Å². The third kappa shape index (κ3) is 4.26. The maximum absolute atomic E-state index is 12.7. The lowest BCUT2D eigenvalue weighted by molar-refractivity contribution is -0.133. The highest BCUT2D eigenvalue weighted by Crippen LogP contribution is 2.30. The molecule has 1 aromatic rings. The molecule has 1 atom stereocenters. The largest absolute Gasteiger partial charge is 0.383 e. The van der Waals surface area contributed by atoms with Gasteiger partial charge in [0.25, 0.3) is 0 Å². The van der Waals surface area contributed by atoms with Gasteiger partial charge in [-0.3, -0.25) is 14.4 Å². The first-order chi connectivity index (χ1) is 13.8. The average molecular weight is 391 g/mol. The van der Waals surface area contributed by atoms with E-state index in [4.69, 9.17) is 14.6 Å². The molecular weight excluding hydrogens is 356 g/mol. The number of hydrogen-bond acceptors (Lipinski definition) is 5. The maximum atomic E-state index is 12.7. The van der Waals surface area contributed by atoms with Gasteiger partial charge in [-0.15, -0.1) is 0 Å². The van der Waals surface area contributed by atoms with Crippen molar-refractivity contribution in [3.05, 3.63) is 17.0 Å². The molecule has 1 saturated heterocycles. The summed E-state index contributed by atoms with van der Waals surface area (Å²) < 4.78 is 12.9. The molecule has 1 aliphatic carbocycles. The van der Waals surface area contributed by atoms with Crippen LogP contribution in [0.15, 0.2) is 0 Å². The summed E-state index contributed by atoms with van der Waals surface area (Å²) in [4.78, 5) is 15.1. The van der Waals surface area contributed by atoms with Crippen LogP contribution in [0.1, 0.15) is 55.5 Å². The topological polar surface area (TPSA) is 68.6 Å². The van der Waals surface area contributed by atoms with Crippen molar-refractivity contribution >= 4 is 5.91 Å². The van der Waals surface area contributed by atoms with E-state index in [9.17, 15) is 4.79 Å². The molecule has 2 fully saturated rings. The number of rotatable bonds is 8. The third-order valence-electron chi connectivity index (χ3n) is 6.55. The summed E-state index contributed by atoms with van der Waals surface area (Å²) in [6.45, 7) is 4.52. The standard InChI is InChI=1S/C21H34N4O3/c1-27-14-12-25-19-9-13-28-15-17(19)18(23-25)7-10-22-21(26)20-8-11-24(20)16-5-3-2-4-6-16/h16,20H,2-15H2,1H3,(H,22,26). The molecule has 28 heavy (non-hydrogen) atoms. The van der Waals surface area contributed by atoms with Crippen LogP contribution in [0.3, 0.4) is 0 Å². The van der Waals surface area contributed by atoms with Crippen LogP contribution in [0.5, 0.6) is 0 Å². The number of fused-ring (bicyclic) bond motifs is 1. The minimum atomic E-state index is 0.0830. The summed E-state index contributed by atoms with van der Waals surface area (Å²) in [7, 11) is 1.71. The number of ether oxygens (including phenoxy) is 2. The number of carbonyl (C=O) groups excluding carboxylic acids is 1. The summed E-state index contributed by atoms with van der Waals surface area (Å²) >= 11 is 0. The Balaban J connectivity index is 1.30. The van der Waals surface area contributed by atoms with Crippen molar-refractivity contribution in [3.8, 4) is 0 Å². The van der Waals surface area contributed by atoms with Crippen LogP contribution in [-0.2, 0) is 40.3 Å². The van der Waals surface area contributed by atoms with Gasteiger partial charge >= 0.3 is 0 Å². The average Bonchev–Trinajstić information content (AvgIpc) is 3.04. The Morgan fingerprint density at radius 3 is 2.89 bits per heavy atom. The first-order valence-corrected chi connectivity index (χ1v) is 11.0. The Kier molecular flexibility index (Phi) is 6.65. The van der Waals surface area contributed by atoms with Crippen LogP contribution in [-0.4, -0.2) is 66.1 Å². The van der Waals surface area contributed by atoms with E-state index in [1.54, 1.807) is 7.11 Å². The SMILES string of the molecule is COCCn1nc(CCNC(=O)C2CCN2C2CCCCC2)c2c1CCOC2. The molecule has 0 spiro atoms. The highest BCUT2D eigenvalue weighted by molar-refractivity contribution is 5.82. The molecule has 0 aromatic carbocycles. The normalized spacial score (nSPS) is 23.2. The molecule has 3 aliphatic rings. The summed E-state index contributed by atoms with van der Waals surface area (Å²) in [6, 6.07) is 0.707. The van der Waals surface area contributed by atoms with E-state index in [1.165, 1.54) is 43.4 Å². The van der Waals surface area contributed by atoms with Crippen molar-refractivity contribution < 1.29 is 14.3 Å². The Bertz CT molecular complexity index is 669. The van der Waals surface area contributed by atoms with E-state index in [1.807, 2.05) is 0 Å². The van der Waals surface area contributed by atoms with Crippen molar-refractivity contribution in [2.75, 3.05) is 33.4 Å². The molecule has 7 nitrogen and oxygen atoms in total. The number of likely N-dealkylation sites (tertiary alicyclic amines) is 1. The van der Waals surface area contributed by atoms with Crippen LogP contribution < -0.4 is 5.32 Å². The molecule has 0 radical (unpaired) electrons. The van der Waals surface area contributed by atoms with E-state index < -0.39 is 0 Å². The van der Waals surface area contributed by atoms with Gasteiger partial charge in [-0.2, -0.15) is 5.10 Å². The second-order valence-corrected chi connectivity index (χ2v) is 8.27. The van der Waals surface area contributed by atoms with Gasteiger partial charge in [0, 0.05) is 50.3 Å². The van der Waals surface area contributed by atoms with Gasteiger partial charge in [-0.25, -0.2) is 0 Å². The molecule has 0 bridgehead atoms. The summed E-state index contributed by atoms with van der Waals surface area (Å²) in [5, 5.41) is 7.95. The molecule has 1 saturated carbocycles. The van der Waals surface area contributed by atoms with Gasteiger partial charge in [-0.05, 0) is 19.3 Å². The fourth-order valence-corrected chi connectivity index (χ4v) is 4.90. The Hall–Kier alpha value is -1.44. The second-order valence-electron chi connectivity index (χ2n) is 8.27. The van der Waals surface area contributed by atoms with Gasteiger partial charge in [0.1, 0.15) is 0 Å². The number of amides is 1. The van der Waals surface area contributed by atoms with Crippen LogP contribution in [0, 0.1) is 0 Å². The monoisotopic (exact) mass is 390 g/mol. The fourth-order valence-electron chi connectivity index (χ4n) is 4.90. The molecule has 1 aromatic heterocycles. The Morgan fingerprint density at radius 1 is 1.29 bits per heavy atom. The van der Waals surface area contributed by atoms with Crippen molar-refractivity contribution in [2.45, 2.75) is 76.6 Å². The summed E-state index contributed by atoms with van der Waals surface area (Å²) in [6.07, 6.45) is 9.15. The molecule has 2 aliphatic heterocycles. The second kappa shape index (κ2) is 9.37. The predicted molar refractivity (Wildman–Crippen MR) is 106 cm³/mol. The lowest BCUT2D eigenvalue weighted by atomic mass is 9.89. The van der Waals surface area contributed by atoms with Crippen LogP contribution >= 0.6 is 0 Å². The predicted octanol–water partition coefficient (Wildman–Crippen LogP) is 1.67. The van der Waals surface area contributed by atoms with E-state index in [-0.39, 0.29) is 11.9 Å². The van der Waals surface area contributed by atoms with E-state index in [0.717, 1.165) is 44.7 Å². The van der Waals surface area contributed by atoms with Gasteiger partial charge in [0.15, 0.2) is 0 Å². The van der Waals surface area contributed by atoms with E-state index in [0.29, 0.717) is 25.8 Å². The maximum Gasteiger partial charge on any atom is 0.237 e. The van der Waals surface area contributed by atoms with Gasteiger partial charge in [0.2, 0.25) is 5.91 Å². The van der Waals surface area contributed by atoms with Crippen LogP contribution in [0.2, 0.25) is 0 Å². The zero-order valence-electron chi connectivity index (χ0n) is 17.1. The fraction of sp³-hybridized carbons (Fsp3) is 0.810. The first kappa shape index (κ1) is 19.9. The van der Waals surface area contributed by atoms with Gasteiger partial charge < -0.3 is 14.8 Å². The lowest BCUT2D eigenvalue weighted by Gasteiger charge is -2.46. The van der Waals surface area contributed by atoms with Crippen molar-refractivity contribution in [1.29, 1.82) is 0 Å². The molecule has 7 heteroatoms. The Labute approximate surface area is 167 Å². The van der Waals surface area contributed by atoms with Gasteiger partial charge in [0.05, 0.1) is 38.1 Å². The highest BCUT2D eigenvalue weighted by atomic mass is 16.5. The Morgan fingerprint density at radius 2 is 2.14 bits per heavy atom. The summed E-state index contributed by atoms with van der Waals surface area (Å²) in [5.74, 6) is 0.195.